The van der Waals surface area contributed by atoms with Gasteiger partial charge < -0.3 is 20.1 Å². The summed E-state index contributed by atoms with van der Waals surface area (Å²) in [6.45, 7) is 5.29. The Hall–Kier alpha value is -2.74. The van der Waals surface area contributed by atoms with Crippen molar-refractivity contribution in [2.75, 3.05) is 38.5 Å². The molecule has 0 unspecified atom stereocenters. The van der Waals surface area contributed by atoms with Crippen molar-refractivity contribution >= 4 is 11.7 Å². The largest absolute Gasteiger partial charge is 0.384 e. The van der Waals surface area contributed by atoms with Crippen molar-refractivity contribution < 1.29 is 4.79 Å². The van der Waals surface area contributed by atoms with E-state index in [0.717, 1.165) is 63.4 Å². The predicted octanol–water partition coefficient (Wildman–Crippen LogP) is 0.929. The number of carbonyl (C=O) groups is 1. The van der Waals surface area contributed by atoms with Crippen LogP contribution in [0.15, 0.2) is 29.3 Å². The highest BCUT2D eigenvalue weighted by molar-refractivity contribution is 5.78. The van der Waals surface area contributed by atoms with Crippen LogP contribution >= 0.6 is 0 Å². The van der Waals surface area contributed by atoms with Crippen LogP contribution in [0, 0.1) is 5.92 Å². The molecule has 0 saturated carbocycles. The van der Waals surface area contributed by atoms with Crippen LogP contribution in [-0.2, 0) is 11.3 Å². The second kappa shape index (κ2) is 7.26. The van der Waals surface area contributed by atoms with Gasteiger partial charge in [0.2, 0.25) is 5.91 Å². The molecule has 0 radical (unpaired) electrons. The van der Waals surface area contributed by atoms with Gasteiger partial charge in [0, 0.05) is 75.0 Å². The van der Waals surface area contributed by atoms with E-state index in [-0.39, 0.29) is 11.5 Å². The number of aromatic nitrogens is 3. The number of nitrogens with zero attached hydrogens (tertiary/aromatic N) is 5. The van der Waals surface area contributed by atoms with Crippen LogP contribution in [0.3, 0.4) is 0 Å². The Morgan fingerprint density at radius 1 is 1.07 bits per heavy atom. The minimum absolute atomic E-state index is 0.0282. The molecule has 3 aliphatic rings. The second-order valence-electron chi connectivity index (χ2n) is 8.49. The van der Waals surface area contributed by atoms with Crippen molar-refractivity contribution in [2.24, 2.45) is 5.92 Å². The standard InChI is InChI=1S/C21H26N6O2/c22-19-9-17(23-13-24-19)15-7-18-16-6-14(11-27(18)21(29)8-15)10-25(12-16)4-5-26-3-1-2-20(26)28/h7-9,13-14,16H,1-6,10-12H2,(H2,22,23,24)/t14-,16+/m0/s1. The Morgan fingerprint density at radius 2 is 1.97 bits per heavy atom. The molecule has 2 N–H and O–H groups in total. The van der Waals surface area contributed by atoms with E-state index < -0.39 is 0 Å². The summed E-state index contributed by atoms with van der Waals surface area (Å²) in [5, 5.41) is 0. The number of piperidine rings is 1. The van der Waals surface area contributed by atoms with Crippen molar-refractivity contribution in [3.05, 3.63) is 40.6 Å². The summed E-state index contributed by atoms with van der Waals surface area (Å²) in [6.07, 6.45) is 4.21. The minimum atomic E-state index is 0.0282. The number of hydrogen-bond acceptors (Lipinski definition) is 6. The Bertz CT molecular complexity index is 1000. The Kier molecular flexibility index (Phi) is 4.58. The zero-order chi connectivity index (χ0) is 20.0. The van der Waals surface area contributed by atoms with Crippen molar-refractivity contribution in [3.8, 4) is 11.3 Å². The molecule has 2 saturated heterocycles. The average Bonchev–Trinajstić information content (AvgIpc) is 3.12. The quantitative estimate of drug-likeness (QED) is 0.829. The summed E-state index contributed by atoms with van der Waals surface area (Å²) in [5.41, 5.74) is 8.39. The number of nitrogens with two attached hydrogens (primary N) is 1. The number of nitrogen functional groups attached to an aromatic ring is 1. The number of anilines is 1. The van der Waals surface area contributed by atoms with Crippen LogP contribution in [0.25, 0.3) is 11.3 Å². The maximum atomic E-state index is 12.8. The number of pyridine rings is 1. The third kappa shape index (κ3) is 3.53. The smallest absolute Gasteiger partial charge is 0.251 e. The molecule has 2 fully saturated rings. The summed E-state index contributed by atoms with van der Waals surface area (Å²) >= 11 is 0. The van der Waals surface area contributed by atoms with E-state index in [1.54, 1.807) is 12.1 Å². The zero-order valence-corrected chi connectivity index (χ0v) is 16.5. The van der Waals surface area contributed by atoms with Crippen LogP contribution in [-0.4, -0.2) is 63.0 Å². The Labute approximate surface area is 169 Å². The van der Waals surface area contributed by atoms with E-state index in [1.165, 1.54) is 6.33 Å². The molecule has 8 nitrogen and oxygen atoms in total. The maximum absolute atomic E-state index is 12.8. The molecular formula is C21H26N6O2. The van der Waals surface area contributed by atoms with Gasteiger partial charge in [0.25, 0.3) is 5.56 Å². The van der Waals surface area contributed by atoms with Gasteiger partial charge in [-0.1, -0.05) is 0 Å². The molecule has 1 amide bonds. The number of amides is 1. The molecule has 0 spiro atoms. The SMILES string of the molecule is Nc1cc(-c2cc3n(c(=O)c2)C[C@H]2C[C@@H]3CN(CCN3CCCC3=O)C2)ncn1. The van der Waals surface area contributed by atoms with Crippen molar-refractivity contribution in [1.82, 2.24) is 24.3 Å². The highest BCUT2D eigenvalue weighted by Crippen LogP contribution is 2.36. The zero-order valence-electron chi connectivity index (χ0n) is 16.5. The number of fused-ring (bicyclic) bond motifs is 4. The van der Waals surface area contributed by atoms with Crippen molar-refractivity contribution in [1.29, 1.82) is 0 Å². The molecule has 3 aliphatic heterocycles. The third-order valence-electron chi connectivity index (χ3n) is 6.47. The van der Waals surface area contributed by atoms with Gasteiger partial charge >= 0.3 is 0 Å². The summed E-state index contributed by atoms with van der Waals surface area (Å²) in [7, 11) is 0. The van der Waals surface area contributed by atoms with Crippen LogP contribution in [0.5, 0.6) is 0 Å². The van der Waals surface area contributed by atoms with Gasteiger partial charge in [0.1, 0.15) is 12.1 Å². The molecule has 2 bridgehead atoms. The van der Waals surface area contributed by atoms with Gasteiger partial charge in [-0.25, -0.2) is 9.97 Å². The molecule has 2 aromatic heterocycles. The van der Waals surface area contributed by atoms with Gasteiger partial charge in [0.05, 0.1) is 5.69 Å². The summed E-state index contributed by atoms with van der Waals surface area (Å²) in [6, 6.07) is 5.46. The van der Waals surface area contributed by atoms with E-state index in [2.05, 4.69) is 20.9 Å². The molecule has 0 aliphatic carbocycles. The summed E-state index contributed by atoms with van der Waals surface area (Å²) in [5.74, 6) is 1.48. The lowest BCUT2D eigenvalue weighted by atomic mass is 9.82. The fraction of sp³-hybridized carbons (Fsp3) is 0.524. The van der Waals surface area contributed by atoms with E-state index in [0.29, 0.717) is 29.8 Å². The maximum Gasteiger partial charge on any atom is 0.251 e. The highest BCUT2D eigenvalue weighted by Gasteiger charge is 2.35. The Morgan fingerprint density at radius 3 is 2.76 bits per heavy atom. The van der Waals surface area contributed by atoms with Crippen molar-refractivity contribution in [3.63, 3.8) is 0 Å². The monoisotopic (exact) mass is 394 g/mol. The van der Waals surface area contributed by atoms with Crippen molar-refractivity contribution in [2.45, 2.75) is 31.7 Å². The first-order chi connectivity index (χ1) is 14.1. The van der Waals surface area contributed by atoms with E-state index >= 15 is 0 Å². The molecule has 0 aromatic carbocycles. The highest BCUT2D eigenvalue weighted by atomic mass is 16.2. The van der Waals surface area contributed by atoms with Crippen LogP contribution < -0.4 is 11.3 Å². The second-order valence-corrected chi connectivity index (χ2v) is 8.49. The number of hydrogen-bond donors (Lipinski definition) is 1. The van der Waals surface area contributed by atoms with Gasteiger partial charge in [-0.3, -0.25) is 9.59 Å². The summed E-state index contributed by atoms with van der Waals surface area (Å²) in [4.78, 5) is 37.4. The van der Waals surface area contributed by atoms with Gasteiger partial charge in [-0.15, -0.1) is 0 Å². The first-order valence-electron chi connectivity index (χ1n) is 10.4. The fourth-order valence-corrected chi connectivity index (χ4v) is 5.12. The van der Waals surface area contributed by atoms with E-state index in [4.69, 9.17) is 5.73 Å². The summed E-state index contributed by atoms with van der Waals surface area (Å²) < 4.78 is 1.94. The minimum Gasteiger partial charge on any atom is -0.384 e. The average molecular weight is 394 g/mol. The fourth-order valence-electron chi connectivity index (χ4n) is 5.12. The topological polar surface area (TPSA) is 97.3 Å². The molecular weight excluding hydrogens is 368 g/mol. The normalized spacial score (nSPS) is 24.0. The third-order valence-corrected chi connectivity index (χ3v) is 6.47. The molecule has 8 heteroatoms. The van der Waals surface area contributed by atoms with Gasteiger partial charge in [-0.2, -0.15) is 0 Å². The van der Waals surface area contributed by atoms with Gasteiger partial charge in [-0.05, 0) is 24.8 Å². The van der Waals surface area contributed by atoms with Crippen LogP contribution in [0.2, 0.25) is 0 Å². The van der Waals surface area contributed by atoms with E-state index in [1.807, 2.05) is 9.47 Å². The number of carbonyl (C=O) groups excluding carboxylic acids is 1. The molecule has 2 atom stereocenters. The lowest BCUT2D eigenvalue weighted by molar-refractivity contribution is -0.127. The molecule has 5 rings (SSSR count). The van der Waals surface area contributed by atoms with E-state index in [9.17, 15) is 9.59 Å². The lowest BCUT2D eigenvalue weighted by Gasteiger charge is -2.43. The van der Waals surface area contributed by atoms with Crippen LogP contribution in [0.4, 0.5) is 5.82 Å². The number of rotatable bonds is 4. The first-order valence-corrected chi connectivity index (χ1v) is 10.4. The molecule has 2 aromatic rings. The van der Waals surface area contributed by atoms with Gasteiger partial charge in [0.15, 0.2) is 0 Å². The number of likely N-dealkylation sites (tertiary alicyclic amines) is 2. The predicted molar refractivity (Wildman–Crippen MR) is 109 cm³/mol. The molecule has 29 heavy (non-hydrogen) atoms. The van der Waals surface area contributed by atoms with Crippen LogP contribution in [0.1, 0.15) is 30.9 Å². The Balaban J connectivity index is 1.38. The molecule has 5 heterocycles. The first kappa shape index (κ1) is 18.3. The molecule has 152 valence electrons. The lowest BCUT2D eigenvalue weighted by Crippen LogP contribution is -2.49.